The minimum Gasteiger partial charge on any atom is -0.459 e. The summed E-state index contributed by atoms with van der Waals surface area (Å²) in [7, 11) is 3.15. The van der Waals surface area contributed by atoms with E-state index in [-0.39, 0.29) is 13.2 Å². The first-order valence-corrected chi connectivity index (χ1v) is 9.10. The summed E-state index contributed by atoms with van der Waals surface area (Å²) < 4.78 is 5.22. The van der Waals surface area contributed by atoms with Gasteiger partial charge in [0.25, 0.3) is 0 Å². The number of rotatable bonds is 9. The summed E-state index contributed by atoms with van der Waals surface area (Å²) in [5, 5.41) is 9.12. The summed E-state index contributed by atoms with van der Waals surface area (Å²) in [5.74, 6) is 0.463. The molecule has 0 spiro atoms. The van der Waals surface area contributed by atoms with Gasteiger partial charge in [0.2, 0.25) is 6.41 Å². The van der Waals surface area contributed by atoms with Gasteiger partial charge < -0.3 is 14.7 Å². The summed E-state index contributed by atoms with van der Waals surface area (Å²) in [6.07, 6.45) is 1.08. The molecule has 0 saturated carbocycles. The number of esters is 1. The van der Waals surface area contributed by atoms with Gasteiger partial charge in [-0.3, -0.25) is 9.59 Å². The van der Waals surface area contributed by atoms with Gasteiger partial charge in [0, 0.05) is 29.4 Å². The second-order valence-corrected chi connectivity index (χ2v) is 7.97. The van der Waals surface area contributed by atoms with Crippen molar-refractivity contribution >= 4 is 34.0 Å². The second-order valence-electron chi connectivity index (χ2n) is 5.29. The molecule has 1 N–H and O–H groups in total. The number of amides is 1. The summed E-state index contributed by atoms with van der Waals surface area (Å²) in [6.45, 7) is 9.02. The van der Waals surface area contributed by atoms with Crippen LogP contribution in [0.2, 0.25) is 0 Å². The Bertz CT molecular complexity index is 378. The lowest BCUT2D eigenvalue weighted by Gasteiger charge is -2.24. The van der Waals surface area contributed by atoms with Crippen molar-refractivity contribution in [1.29, 1.82) is 0 Å². The maximum Gasteiger partial charge on any atom is 0.326 e. The predicted octanol–water partition coefficient (Wildman–Crippen LogP) is 2.80. The van der Waals surface area contributed by atoms with Gasteiger partial charge in [-0.15, -0.1) is 0 Å². The van der Waals surface area contributed by atoms with Gasteiger partial charge >= 0.3 is 5.97 Å². The van der Waals surface area contributed by atoms with E-state index in [1.54, 1.807) is 38.5 Å². The Morgan fingerprint density at radius 2 is 2.00 bits per heavy atom. The zero-order valence-electron chi connectivity index (χ0n) is 13.3. The van der Waals surface area contributed by atoms with Crippen molar-refractivity contribution in [3.63, 3.8) is 0 Å². The van der Waals surface area contributed by atoms with Gasteiger partial charge in [-0.2, -0.15) is 0 Å². The number of nitrogens with zero attached hydrogens (tertiary/aromatic N) is 1. The number of ether oxygens (including phenoxy) is 1. The van der Waals surface area contributed by atoms with E-state index in [9.17, 15) is 9.59 Å². The van der Waals surface area contributed by atoms with Gasteiger partial charge in [-0.25, -0.2) is 0 Å². The highest BCUT2D eigenvalue weighted by Gasteiger charge is 2.20. The molecule has 0 aromatic rings. The molecule has 0 unspecified atom stereocenters. The number of aliphatic hydroxyl groups is 1. The molecule has 0 rings (SSSR count). The van der Waals surface area contributed by atoms with Crippen LogP contribution >= 0.6 is 21.6 Å². The van der Waals surface area contributed by atoms with Crippen LogP contribution in [0.25, 0.3) is 0 Å². The van der Waals surface area contributed by atoms with E-state index < -0.39 is 11.6 Å². The van der Waals surface area contributed by atoms with Crippen molar-refractivity contribution in [2.75, 3.05) is 18.9 Å². The molecule has 21 heavy (non-hydrogen) atoms. The summed E-state index contributed by atoms with van der Waals surface area (Å²) >= 11 is 0. The van der Waals surface area contributed by atoms with Crippen molar-refractivity contribution in [2.24, 2.45) is 0 Å². The molecular formula is C14H25NO4S2. The molecule has 0 radical (unpaired) electrons. The molecule has 0 aliphatic carbocycles. The largest absolute Gasteiger partial charge is 0.459 e. The topological polar surface area (TPSA) is 66.8 Å². The second kappa shape index (κ2) is 10.1. The van der Waals surface area contributed by atoms with E-state index in [1.807, 2.05) is 6.92 Å². The molecule has 0 aromatic heterocycles. The van der Waals surface area contributed by atoms with Crippen LogP contribution < -0.4 is 0 Å². The maximum absolute atomic E-state index is 11.8. The number of hydrogen-bond donors (Lipinski definition) is 1. The van der Waals surface area contributed by atoms with Crippen LogP contribution in [0.4, 0.5) is 0 Å². The fourth-order valence-corrected chi connectivity index (χ4v) is 3.49. The SMILES string of the molecule is CCSS/C(CCO)=C(/C)N(C=O)CC(=O)OC(C)(C)C. The van der Waals surface area contributed by atoms with E-state index in [0.29, 0.717) is 18.5 Å². The van der Waals surface area contributed by atoms with Crippen LogP contribution in [0.15, 0.2) is 10.6 Å². The first-order valence-electron chi connectivity index (χ1n) is 6.79. The third-order valence-corrected chi connectivity index (χ3v) is 5.02. The molecule has 0 atom stereocenters. The highest BCUT2D eigenvalue weighted by Crippen LogP contribution is 2.34. The summed E-state index contributed by atoms with van der Waals surface area (Å²) in [5.41, 5.74) is 0.0974. The Morgan fingerprint density at radius 1 is 1.38 bits per heavy atom. The fraction of sp³-hybridized carbons (Fsp3) is 0.714. The van der Waals surface area contributed by atoms with Crippen LogP contribution in [0.5, 0.6) is 0 Å². The molecule has 0 fully saturated rings. The lowest BCUT2D eigenvalue weighted by molar-refractivity contribution is -0.156. The average molecular weight is 335 g/mol. The third-order valence-electron chi connectivity index (χ3n) is 2.30. The van der Waals surface area contributed by atoms with E-state index >= 15 is 0 Å². The minimum absolute atomic E-state index is 0.00306. The zero-order chi connectivity index (χ0) is 16.5. The average Bonchev–Trinajstić information content (AvgIpc) is 2.38. The number of hydrogen-bond acceptors (Lipinski definition) is 6. The van der Waals surface area contributed by atoms with Crippen molar-refractivity contribution < 1.29 is 19.4 Å². The maximum atomic E-state index is 11.8. The van der Waals surface area contributed by atoms with E-state index in [4.69, 9.17) is 9.84 Å². The lowest BCUT2D eigenvalue weighted by Crippen LogP contribution is -2.33. The molecule has 1 amide bonds. The first kappa shape index (κ1) is 20.3. The lowest BCUT2D eigenvalue weighted by atomic mass is 10.2. The quantitative estimate of drug-likeness (QED) is 0.397. The van der Waals surface area contributed by atoms with Crippen LogP contribution in [-0.2, 0) is 14.3 Å². The van der Waals surface area contributed by atoms with Gasteiger partial charge in [0.05, 0.1) is 0 Å². The van der Waals surface area contributed by atoms with Crippen LogP contribution in [0.3, 0.4) is 0 Å². The molecule has 0 saturated heterocycles. The first-order chi connectivity index (χ1) is 9.75. The molecule has 0 aromatic carbocycles. The van der Waals surface area contributed by atoms with E-state index in [0.717, 1.165) is 10.7 Å². The summed E-state index contributed by atoms with van der Waals surface area (Å²) in [6, 6.07) is 0. The van der Waals surface area contributed by atoms with Gasteiger partial charge in [-0.1, -0.05) is 28.5 Å². The molecule has 7 heteroatoms. The predicted molar refractivity (Wildman–Crippen MR) is 88.7 cm³/mol. The number of carbonyl (C=O) groups is 2. The number of carbonyl (C=O) groups excluding carboxylic acids is 2. The van der Waals surface area contributed by atoms with Crippen molar-refractivity contribution in [3.05, 3.63) is 10.6 Å². The fourth-order valence-electron chi connectivity index (χ4n) is 1.42. The van der Waals surface area contributed by atoms with Gasteiger partial charge in [0.15, 0.2) is 0 Å². The van der Waals surface area contributed by atoms with E-state index in [2.05, 4.69) is 0 Å². The van der Waals surface area contributed by atoms with Crippen LogP contribution in [0.1, 0.15) is 41.0 Å². The normalized spacial score (nSPS) is 12.7. The molecule has 0 aliphatic heterocycles. The zero-order valence-corrected chi connectivity index (χ0v) is 15.0. The molecule has 122 valence electrons. The van der Waals surface area contributed by atoms with Crippen LogP contribution in [-0.4, -0.2) is 46.9 Å². The molecule has 5 nitrogen and oxygen atoms in total. The van der Waals surface area contributed by atoms with Crippen molar-refractivity contribution in [3.8, 4) is 0 Å². The molecule has 0 aliphatic rings. The summed E-state index contributed by atoms with van der Waals surface area (Å²) in [4.78, 5) is 25.3. The van der Waals surface area contributed by atoms with Gasteiger partial charge in [0.1, 0.15) is 12.1 Å². The molecule has 0 bridgehead atoms. The number of allylic oxidation sites excluding steroid dienone is 1. The Balaban J connectivity index is 4.94. The highest BCUT2D eigenvalue weighted by atomic mass is 33.1. The van der Waals surface area contributed by atoms with Crippen molar-refractivity contribution in [2.45, 2.75) is 46.6 Å². The Kier molecular flexibility index (Phi) is 9.81. The monoisotopic (exact) mass is 335 g/mol. The van der Waals surface area contributed by atoms with Crippen LogP contribution in [0, 0.1) is 0 Å². The molecular weight excluding hydrogens is 310 g/mol. The van der Waals surface area contributed by atoms with Crippen molar-refractivity contribution in [1.82, 2.24) is 4.90 Å². The standard InChI is InChI=1S/C14H25NO4S2/c1-6-20-21-12(7-8-16)11(2)15(10-17)9-13(18)19-14(3,4)5/h10,16H,6-9H2,1-5H3/b12-11-. The Hall–Kier alpha value is -0.660. The third kappa shape index (κ3) is 9.06. The van der Waals surface area contributed by atoms with Gasteiger partial charge in [-0.05, 0) is 27.7 Å². The minimum atomic E-state index is -0.579. The molecule has 0 heterocycles. The Morgan fingerprint density at radius 3 is 2.43 bits per heavy atom. The number of aliphatic hydroxyl groups excluding tert-OH is 1. The smallest absolute Gasteiger partial charge is 0.326 e. The Labute approximate surface area is 134 Å². The highest BCUT2D eigenvalue weighted by molar-refractivity contribution is 8.78. The van der Waals surface area contributed by atoms with E-state index in [1.165, 1.54) is 15.7 Å².